The normalized spacial score (nSPS) is 8.57. The summed E-state index contributed by atoms with van der Waals surface area (Å²) in [5, 5.41) is 5.57. The topological polar surface area (TPSA) is 34.1 Å². The molecule has 0 N–H and O–H groups in total. The van der Waals surface area contributed by atoms with Crippen molar-refractivity contribution in [1.29, 1.82) is 0 Å². The molecule has 2 rings (SSSR count). The Morgan fingerprint density at radius 1 is 1.07 bits per heavy atom. The van der Waals surface area contributed by atoms with Gasteiger partial charge in [0.2, 0.25) is 0 Å². The summed E-state index contributed by atoms with van der Waals surface area (Å²) >= 11 is 2.99. The SMILES string of the molecule is O=Cc1cccs1.O=Cc1ccsc1. The molecule has 72 valence electrons. The van der Waals surface area contributed by atoms with Crippen molar-refractivity contribution in [2.45, 2.75) is 0 Å². The number of carbonyl (C=O) groups is 2. The number of carbonyl (C=O) groups excluding carboxylic acids is 2. The van der Waals surface area contributed by atoms with Gasteiger partial charge in [-0.05, 0) is 22.9 Å². The average Bonchev–Trinajstić information content (AvgIpc) is 2.92. The van der Waals surface area contributed by atoms with Crippen LogP contribution in [0, 0.1) is 0 Å². The Kier molecular flexibility index (Phi) is 4.82. The molecular weight excluding hydrogens is 216 g/mol. The maximum absolute atomic E-state index is 9.88. The van der Waals surface area contributed by atoms with Crippen molar-refractivity contribution in [3.05, 3.63) is 44.8 Å². The van der Waals surface area contributed by atoms with Crippen molar-refractivity contribution < 1.29 is 9.59 Å². The van der Waals surface area contributed by atoms with Crippen LogP contribution in [0.15, 0.2) is 34.3 Å². The van der Waals surface area contributed by atoms with Crippen LogP contribution in [0.2, 0.25) is 0 Å². The Balaban J connectivity index is 0.000000140. The van der Waals surface area contributed by atoms with Crippen molar-refractivity contribution in [2.75, 3.05) is 0 Å². The molecule has 0 bridgehead atoms. The lowest BCUT2D eigenvalue weighted by Crippen LogP contribution is -1.64. The standard InChI is InChI=1S/2C5H4OS/c6-3-5-1-2-7-4-5;6-4-5-2-1-3-7-5/h2*1-4H. The van der Waals surface area contributed by atoms with Crippen LogP contribution >= 0.6 is 22.7 Å². The second kappa shape index (κ2) is 6.23. The highest BCUT2D eigenvalue weighted by Crippen LogP contribution is 2.03. The molecule has 0 aliphatic rings. The summed E-state index contributed by atoms with van der Waals surface area (Å²) in [6, 6.07) is 5.43. The second-order valence-corrected chi connectivity index (χ2v) is 4.07. The molecule has 2 aromatic rings. The first-order valence-electron chi connectivity index (χ1n) is 3.83. The summed E-state index contributed by atoms with van der Waals surface area (Å²) in [4.78, 5) is 20.5. The molecule has 0 fully saturated rings. The van der Waals surface area contributed by atoms with Gasteiger partial charge in [0.25, 0.3) is 0 Å². The predicted molar refractivity (Wildman–Crippen MR) is 59.4 cm³/mol. The van der Waals surface area contributed by atoms with E-state index >= 15 is 0 Å². The molecule has 0 saturated heterocycles. The van der Waals surface area contributed by atoms with E-state index in [1.165, 1.54) is 22.7 Å². The molecule has 0 atom stereocenters. The number of hydrogen-bond acceptors (Lipinski definition) is 4. The molecule has 0 aliphatic heterocycles. The number of rotatable bonds is 2. The molecular formula is C10H8O2S2. The third-order valence-electron chi connectivity index (χ3n) is 1.34. The highest BCUT2D eigenvalue weighted by molar-refractivity contribution is 7.11. The Labute approximate surface area is 89.8 Å². The van der Waals surface area contributed by atoms with Crippen LogP contribution in [0.1, 0.15) is 20.0 Å². The van der Waals surface area contributed by atoms with E-state index in [-0.39, 0.29) is 0 Å². The lowest BCUT2D eigenvalue weighted by atomic mass is 10.4. The lowest BCUT2D eigenvalue weighted by Gasteiger charge is -1.66. The number of hydrogen-bond donors (Lipinski definition) is 0. The zero-order chi connectivity index (χ0) is 10.2. The fourth-order valence-electron chi connectivity index (χ4n) is 0.700. The third kappa shape index (κ3) is 3.64. The van der Waals surface area contributed by atoms with Gasteiger partial charge in [-0.2, -0.15) is 11.3 Å². The molecule has 2 heterocycles. The van der Waals surface area contributed by atoms with E-state index in [0.717, 1.165) is 23.0 Å². The summed E-state index contributed by atoms with van der Waals surface area (Å²) in [7, 11) is 0. The Morgan fingerprint density at radius 2 is 1.93 bits per heavy atom. The maximum atomic E-state index is 9.88. The van der Waals surface area contributed by atoms with Crippen LogP contribution < -0.4 is 0 Å². The molecule has 4 heteroatoms. The van der Waals surface area contributed by atoms with Gasteiger partial charge in [-0.15, -0.1) is 11.3 Å². The van der Waals surface area contributed by atoms with Gasteiger partial charge in [0.15, 0.2) is 12.6 Å². The van der Waals surface area contributed by atoms with Gasteiger partial charge >= 0.3 is 0 Å². The highest BCUT2D eigenvalue weighted by Gasteiger charge is 1.83. The zero-order valence-corrected chi connectivity index (χ0v) is 8.88. The van der Waals surface area contributed by atoms with Gasteiger partial charge in [0.1, 0.15) is 0 Å². The third-order valence-corrected chi connectivity index (χ3v) is 2.84. The van der Waals surface area contributed by atoms with E-state index in [4.69, 9.17) is 0 Å². The van der Waals surface area contributed by atoms with Gasteiger partial charge in [-0.1, -0.05) is 6.07 Å². The molecule has 0 aromatic carbocycles. The van der Waals surface area contributed by atoms with E-state index in [0.29, 0.717) is 0 Å². The number of aldehydes is 2. The van der Waals surface area contributed by atoms with E-state index < -0.39 is 0 Å². The van der Waals surface area contributed by atoms with Crippen molar-refractivity contribution in [3.8, 4) is 0 Å². The minimum absolute atomic E-state index is 0.769. The Morgan fingerprint density at radius 3 is 2.21 bits per heavy atom. The Hall–Kier alpha value is -1.26. The molecule has 2 nitrogen and oxygen atoms in total. The van der Waals surface area contributed by atoms with Crippen LogP contribution in [0.5, 0.6) is 0 Å². The summed E-state index contributed by atoms with van der Waals surface area (Å²) in [5.74, 6) is 0. The minimum atomic E-state index is 0.769. The summed E-state index contributed by atoms with van der Waals surface area (Å²) < 4.78 is 0. The van der Waals surface area contributed by atoms with E-state index in [9.17, 15) is 9.59 Å². The molecule has 0 spiro atoms. The van der Waals surface area contributed by atoms with Crippen LogP contribution in [0.3, 0.4) is 0 Å². The molecule has 0 amide bonds. The lowest BCUT2D eigenvalue weighted by molar-refractivity contribution is 0.111. The van der Waals surface area contributed by atoms with Crippen molar-refractivity contribution in [2.24, 2.45) is 0 Å². The summed E-state index contributed by atoms with van der Waals surface area (Å²) in [6.45, 7) is 0. The van der Waals surface area contributed by atoms with Crippen LogP contribution in [-0.4, -0.2) is 12.6 Å². The van der Waals surface area contributed by atoms with E-state index in [2.05, 4.69) is 0 Å². The highest BCUT2D eigenvalue weighted by atomic mass is 32.1. The first kappa shape index (κ1) is 10.8. The van der Waals surface area contributed by atoms with Gasteiger partial charge < -0.3 is 0 Å². The number of thiophene rings is 2. The predicted octanol–water partition coefficient (Wildman–Crippen LogP) is 3.12. The fraction of sp³-hybridized carbons (Fsp3) is 0. The summed E-state index contributed by atoms with van der Waals surface area (Å²) in [5.41, 5.74) is 0.769. The summed E-state index contributed by atoms with van der Waals surface area (Å²) in [6.07, 6.45) is 1.70. The van der Waals surface area contributed by atoms with Crippen LogP contribution in [0.25, 0.3) is 0 Å². The molecule has 0 unspecified atom stereocenters. The second-order valence-electron chi connectivity index (χ2n) is 2.31. The van der Waals surface area contributed by atoms with E-state index in [1.54, 1.807) is 12.1 Å². The molecule has 2 aromatic heterocycles. The molecule has 0 radical (unpaired) electrons. The van der Waals surface area contributed by atoms with Crippen molar-refractivity contribution in [3.63, 3.8) is 0 Å². The quantitative estimate of drug-likeness (QED) is 0.734. The van der Waals surface area contributed by atoms with Gasteiger partial charge in [-0.25, -0.2) is 0 Å². The molecule has 0 aliphatic carbocycles. The van der Waals surface area contributed by atoms with Crippen molar-refractivity contribution >= 4 is 35.2 Å². The van der Waals surface area contributed by atoms with Crippen molar-refractivity contribution in [1.82, 2.24) is 0 Å². The first-order valence-corrected chi connectivity index (χ1v) is 5.65. The van der Waals surface area contributed by atoms with Crippen LogP contribution in [-0.2, 0) is 0 Å². The first-order chi connectivity index (χ1) is 6.86. The van der Waals surface area contributed by atoms with Gasteiger partial charge in [-0.3, -0.25) is 9.59 Å². The molecule has 0 saturated carbocycles. The van der Waals surface area contributed by atoms with Gasteiger partial charge in [0, 0.05) is 10.9 Å². The van der Waals surface area contributed by atoms with Gasteiger partial charge in [0.05, 0.1) is 4.88 Å². The average molecular weight is 224 g/mol. The van der Waals surface area contributed by atoms with E-state index in [1.807, 2.05) is 22.2 Å². The fourth-order valence-corrected chi connectivity index (χ4v) is 1.83. The monoisotopic (exact) mass is 224 g/mol. The maximum Gasteiger partial charge on any atom is 0.159 e. The minimum Gasteiger partial charge on any atom is -0.298 e. The Bertz CT molecular complexity index is 324. The van der Waals surface area contributed by atoms with Crippen LogP contribution in [0.4, 0.5) is 0 Å². The smallest absolute Gasteiger partial charge is 0.159 e. The zero-order valence-electron chi connectivity index (χ0n) is 7.25. The largest absolute Gasteiger partial charge is 0.298 e. The molecule has 14 heavy (non-hydrogen) atoms.